The number of thioether (sulfide) groups is 1. The Morgan fingerprint density at radius 2 is 2.17 bits per heavy atom. The van der Waals surface area contributed by atoms with Crippen LogP contribution in [0.15, 0.2) is 28.2 Å². The van der Waals surface area contributed by atoms with Crippen LogP contribution in [-0.2, 0) is 17.6 Å². The van der Waals surface area contributed by atoms with Crippen LogP contribution in [-0.4, -0.2) is 32.8 Å². The van der Waals surface area contributed by atoms with E-state index in [4.69, 9.17) is 9.72 Å². The largest absolute Gasteiger partial charge is 0.494 e. The lowest BCUT2D eigenvalue weighted by molar-refractivity contribution is -0.116. The maximum Gasteiger partial charge on any atom is 0.257 e. The minimum absolute atomic E-state index is 0.0425. The number of amides is 1. The van der Waals surface area contributed by atoms with Gasteiger partial charge in [-0.05, 0) is 50.8 Å². The molecule has 1 unspecified atom stereocenters. The summed E-state index contributed by atoms with van der Waals surface area (Å²) in [5.41, 5.74) is 2.67. The molecule has 0 spiro atoms. The highest BCUT2D eigenvalue weighted by molar-refractivity contribution is 7.99. The van der Waals surface area contributed by atoms with Crippen LogP contribution in [0.1, 0.15) is 43.5 Å². The third kappa shape index (κ3) is 3.60. The number of aryl methyl sites for hydroxylation is 1. The van der Waals surface area contributed by atoms with E-state index in [1.54, 1.807) is 16.3 Å². The van der Waals surface area contributed by atoms with Crippen molar-refractivity contribution in [3.05, 3.63) is 39.8 Å². The van der Waals surface area contributed by atoms with Crippen molar-refractivity contribution in [2.75, 3.05) is 17.7 Å². The molecule has 30 heavy (non-hydrogen) atoms. The number of benzene rings is 1. The van der Waals surface area contributed by atoms with Crippen LogP contribution in [0.25, 0.3) is 10.2 Å². The van der Waals surface area contributed by atoms with Gasteiger partial charge >= 0.3 is 0 Å². The van der Waals surface area contributed by atoms with Crippen molar-refractivity contribution in [3.8, 4) is 5.75 Å². The van der Waals surface area contributed by atoms with Gasteiger partial charge in [0.1, 0.15) is 5.75 Å². The van der Waals surface area contributed by atoms with Crippen LogP contribution in [0.2, 0.25) is 0 Å². The van der Waals surface area contributed by atoms with Crippen molar-refractivity contribution in [2.45, 2.75) is 50.2 Å². The Kier molecular flexibility index (Phi) is 5.24. The molecular formula is C21H22N4O3S2. The smallest absolute Gasteiger partial charge is 0.257 e. The number of anilines is 1. The number of aromatic nitrogens is 3. The number of nitrogens with one attached hydrogen (secondary N) is 1. The van der Waals surface area contributed by atoms with Crippen molar-refractivity contribution < 1.29 is 9.53 Å². The lowest BCUT2D eigenvalue weighted by Crippen LogP contribution is -2.32. The number of rotatable bonds is 5. The monoisotopic (exact) mass is 442 g/mol. The number of carbonyl (C=O) groups is 1. The molecule has 0 fully saturated rings. The third-order valence-electron chi connectivity index (χ3n) is 5.46. The maximum absolute atomic E-state index is 13.0. The lowest BCUT2D eigenvalue weighted by Gasteiger charge is -2.18. The van der Waals surface area contributed by atoms with E-state index >= 15 is 0 Å². The fourth-order valence-electron chi connectivity index (χ4n) is 4.06. The summed E-state index contributed by atoms with van der Waals surface area (Å²) >= 11 is 2.99. The molecule has 0 radical (unpaired) electrons. The number of hydrogen-bond donors (Lipinski definition) is 1. The van der Waals surface area contributed by atoms with E-state index in [2.05, 4.69) is 10.3 Å². The predicted molar refractivity (Wildman–Crippen MR) is 119 cm³/mol. The molecule has 3 heterocycles. The highest BCUT2D eigenvalue weighted by atomic mass is 32.2. The first kappa shape index (κ1) is 19.6. The number of hydrogen-bond acceptors (Lipinski definition) is 7. The summed E-state index contributed by atoms with van der Waals surface area (Å²) in [5.74, 6) is 1.35. The Balaban J connectivity index is 1.33. The number of carbonyl (C=O) groups excluding carboxylic acids is 1. The van der Waals surface area contributed by atoms with Gasteiger partial charge in [0.2, 0.25) is 5.91 Å². The van der Waals surface area contributed by atoms with Crippen LogP contribution >= 0.6 is 23.1 Å². The van der Waals surface area contributed by atoms with Gasteiger partial charge in [0.15, 0.2) is 10.3 Å². The van der Waals surface area contributed by atoms with Crippen LogP contribution in [0, 0.1) is 0 Å². The van der Waals surface area contributed by atoms with E-state index in [1.807, 2.05) is 25.1 Å². The highest BCUT2D eigenvalue weighted by Crippen LogP contribution is 2.34. The van der Waals surface area contributed by atoms with Crippen LogP contribution in [0.3, 0.4) is 0 Å². The maximum atomic E-state index is 13.0. The molecule has 2 aliphatic rings. The minimum Gasteiger partial charge on any atom is -0.494 e. The Morgan fingerprint density at radius 1 is 1.30 bits per heavy atom. The standard InChI is InChI=1S/C21H22N4O3S2/c1-2-28-13-7-8-16-17(10-13)30-20(22-16)24-18(26)9-12-11-29-21-23-15-6-4-3-5-14(15)19(27)25(12)21/h7-8,10,12H,2-6,9,11H2,1H3,(H,22,24,26). The molecule has 5 rings (SSSR count). The third-order valence-corrected chi connectivity index (χ3v) is 7.49. The van der Waals surface area contributed by atoms with E-state index in [9.17, 15) is 9.59 Å². The molecule has 2 aromatic heterocycles. The van der Waals surface area contributed by atoms with Gasteiger partial charge in [0, 0.05) is 17.7 Å². The van der Waals surface area contributed by atoms with E-state index in [-0.39, 0.29) is 23.9 Å². The van der Waals surface area contributed by atoms with Crippen LogP contribution in [0.5, 0.6) is 5.75 Å². The van der Waals surface area contributed by atoms with Crippen molar-refractivity contribution in [1.82, 2.24) is 14.5 Å². The summed E-state index contributed by atoms with van der Waals surface area (Å²) in [6.07, 6.45) is 4.03. The molecule has 1 N–H and O–H groups in total. The molecule has 0 saturated carbocycles. The first-order valence-corrected chi connectivity index (χ1v) is 12.0. The number of ether oxygens (including phenoxy) is 1. The van der Waals surface area contributed by atoms with Crippen molar-refractivity contribution in [2.24, 2.45) is 0 Å². The Labute approximate surface area is 181 Å². The summed E-state index contributed by atoms with van der Waals surface area (Å²) in [6.45, 7) is 2.55. The normalized spacial score (nSPS) is 17.6. The molecular weight excluding hydrogens is 420 g/mol. The molecule has 0 bridgehead atoms. The zero-order valence-electron chi connectivity index (χ0n) is 16.6. The van der Waals surface area contributed by atoms with Gasteiger partial charge in [-0.25, -0.2) is 9.97 Å². The average molecular weight is 443 g/mol. The zero-order valence-corrected chi connectivity index (χ0v) is 18.3. The SMILES string of the molecule is CCOc1ccc2nc(NC(=O)CC3CSc4nc5c(c(=O)n43)CCCC5)sc2c1. The highest BCUT2D eigenvalue weighted by Gasteiger charge is 2.30. The van der Waals surface area contributed by atoms with Gasteiger partial charge in [-0.2, -0.15) is 0 Å². The number of thiazole rings is 1. The van der Waals surface area contributed by atoms with E-state index in [0.717, 1.165) is 58.1 Å². The second-order valence-corrected chi connectivity index (χ2v) is 9.52. The molecule has 1 aliphatic carbocycles. The van der Waals surface area contributed by atoms with Gasteiger partial charge in [-0.1, -0.05) is 23.1 Å². The number of fused-ring (bicyclic) bond motifs is 3. The lowest BCUT2D eigenvalue weighted by atomic mass is 9.97. The second-order valence-electron chi connectivity index (χ2n) is 7.50. The number of nitrogens with zero attached hydrogens (tertiary/aromatic N) is 3. The second kappa shape index (κ2) is 8.03. The first-order valence-electron chi connectivity index (χ1n) is 10.2. The molecule has 1 atom stereocenters. The molecule has 1 aliphatic heterocycles. The summed E-state index contributed by atoms with van der Waals surface area (Å²) in [5, 5.41) is 4.22. The molecule has 1 aromatic carbocycles. The van der Waals surface area contributed by atoms with Gasteiger partial charge < -0.3 is 10.1 Å². The zero-order chi connectivity index (χ0) is 20.7. The Morgan fingerprint density at radius 3 is 3.03 bits per heavy atom. The summed E-state index contributed by atoms with van der Waals surface area (Å²) in [4.78, 5) is 34.9. The van der Waals surface area contributed by atoms with E-state index in [1.165, 1.54) is 11.3 Å². The summed E-state index contributed by atoms with van der Waals surface area (Å²) < 4.78 is 8.23. The van der Waals surface area contributed by atoms with Gasteiger partial charge in [0.25, 0.3) is 5.56 Å². The van der Waals surface area contributed by atoms with Crippen LogP contribution < -0.4 is 15.6 Å². The topological polar surface area (TPSA) is 86.1 Å². The van der Waals surface area contributed by atoms with Crippen LogP contribution in [0.4, 0.5) is 5.13 Å². The minimum atomic E-state index is -0.170. The van der Waals surface area contributed by atoms with E-state index < -0.39 is 0 Å². The predicted octanol–water partition coefficient (Wildman–Crippen LogP) is 3.81. The fourth-order valence-corrected chi connectivity index (χ4v) is 6.13. The quantitative estimate of drug-likeness (QED) is 0.605. The average Bonchev–Trinajstić information content (AvgIpc) is 3.31. The van der Waals surface area contributed by atoms with Crippen molar-refractivity contribution >= 4 is 44.4 Å². The molecule has 9 heteroatoms. The Hall–Kier alpha value is -2.39. The van der Waals surface area contributed by atoms with Gasteiger partial charge in [0.05, 0.1) is 28.6 Å². The molecule has 0 saturated heterocycles. The summed E-state index contributed by atoms with van der Waals surface area (Å²) in [7, 11) is 0. The molecule has 3 aromatic rings. The van der Waals surface area contributed by atoms with Crippen molar-refractivity contribution in [3.63, 3.8) is 0 Å². The van der Waals surface area contributed by atoms with E-state index in [0.29, 0.717) is 17.5 Å². The first-order chi connectivity index (χ1) is 14.6. The summed E-state index contributed by atoms with van der Waals surface area (Å²) in [6, 6.07) is 5.54. The fraction of sp³-hybridized carbons (Fsp3) is 0.429. The molecule has 156 valence electrons. The molecule has 1 amide bonds. The molecule has 7 nitrogen and oxygen atoms in total. The van der Waals surface area contributed by atoms with Crippen molar-refractivity contribution in [1.29, 1.82) is 0 Å². The Bertz CT molecular complexity index is 1190. The van der Waals surface area contributed by atoms with Gasteiger partial charge in [-0.3, -0.25) is 14.2 Å². The van der Waals surface area contributed by atoms with Gasteiger partial charge in [-0.15, -0.1) is 0 Å².